The predicted molar refractivity (Wildman–Crippen MR) is 73.6 cm³/mol. The molecule has 0 aliphatic rings. The van der Waals surface area contributed by atoms with Gasteiger partial charge in [0.05, 0.1) is 0 Å². The largest absolute Gasteiger partial charge is 0.304 e. The molecule has 102 valence electrons. The van der Waals surface area contributed by atoms with Crippen molar-refractivity contribution < 1.29 is 4.39 Å². The average molecular weight is 253 g/mol. The highest BCUT2D eigenvalue weighted by atomic mass is 19.1. The number of aryl methyl sites for hydroxylation is 1. The van der Waals surface area contributed by atoms with Gasteiger partial charge in [-0.3, -0.25) is 11.3 Å². The molecule has 0 radical (unpaired) electrons. The second-order valence-corrected chi connectivity index (χ2v) is 4.54. The van der Waals surface area contributed by atoms with Crippen molar-refractivity contribution in [1.82, 2.24) is 10.3 Å². The monoisotopic (exact) mass is 253 g/mol. The number of halogens is 1. The molecule has 1 aromatic carbocycles. The van der Waals surface area contributed by atoms with Gasteiger partial charge in [0, 0.05) is 6.04 Å². The minimum absolute atomic E-state index is 0.00120. The fraction of sp³-hybridized carbons (Fsp3) is 0.571. The van der Waals surface area contributed by atoms with Crippen LogP contribution in [0.5, 0.6) is 0 Å². The number of nitrogens with one attached hydrogen (secondary N) is 1. The maximum atomic E-state index is 13.3. The molecule has 1 rings (SSSR count). The molecular weight excluding hydrogens is 229 g/mol. The molecular formula is C14H24FN3. The summed E-state index contributed by atoms with van der Waals surface area (Å²) in [5, 5.41) is 0. The fourth-order valence-electron chi connectivity index (χ4n) is 2.17. The molecule has 1 unspecified atom stereocenters. The summed E-state index contributed by atoms with van der Waals surface area (Å²) in [4.78, 5) is 2.33. The van der Waals surface area contributed by atoms with Gasteiger partial charge >= 0.3 is 0 Å². The van der Waals surface area contributed by atoms with Gasteiger partial charge in [-0.05, 0) is 56.2 Å². The zero-order valence-corrected chi connectivity index (χ0v) is 11.5. The molecule has 3 nitrogen and oxygen atoms in total. The van der Waals surface area contributed by atoms with Gasteiger partial charge in [0.15, 0.2) is 0 Å². The van der Waals surface area contributed by atoms with Crippen molar-refractivity contribution >= 4 is 0 Å². The van der Waals surface area contributed by atoms with E-state index in [0.29, 0.717) is 0 Å². The molecule has 0 aromatic heterocycles. The van der Waals surface area contributed by atoms with E-state index in [2.05, 4.69) is 24.2 Å². The fourth-order valence-corrected chi connectivity index (χ4v) is 2.17. The van der Waals surface area contributed by atoms with E-state index in [-0.39, 0.29) is 11.9 Å². The molecule has 0 saturated heterocycles. The first-order valence-electron chi connectivity index (χ1n) is 6.56. The number of nitrogens with zero attached hydrogens (tertiary/aromatic N) is 1. The first kappa shape index (κ1) is 15.1. The van der Waals surface area contributed by atoms with E-state index in [1.807, 2.05) is 6.92 Å². The first-order valence-corrected chi connectivity index (χ1v) is 6.56. The summed E-state index contributed by atoms with van der Waals surface area (Å²) >= 11 is 0. The van der Waals surface area contributed by atoms with Crippen LogP contribution in [-0.2, 0) is 0 Å². The topological polar surface area (TPSA) is 41.3 Å². The maximum absolute atomic E-state index is 13.3. The van der Waals surface area contributed by atoms with E-state index < -0.39 is 0 Å². The number of hydrazine groups is 1. The Morgan fingerprint density at radius 2 is 2.00 bits per heavy atom. The van der Waals surface area contributed by atoms with Crippen molar-refractivity contribution in [1.29, 1.82) is 0 Å². The van der Waals surface area contributed by atoms with Gasteiger partial charge in [0.25, 0.3) is 0 Å². The summed E-state index contributed by atoms with van der Waals surface area (Å²) in [5.41, 5.74) is 4.81. The lowest BCUT2D eigenvalue weighted by molar-refractivity contribution is 0.282. The Kier molecular flexibility index (Phi) is 6.25. The Morgan fingerprint density at radius 1 is 1.33 bits per heavy atom. The van der Waals surface area contributed by atoms with Crippen LogP contribution in [0.1, 0.15) is 37.4 Å². The van der Waals surface area contributed by atoms with E-state index in [1.165, 1.54) is 6.07 Å². The van der Waals surface area contributed by atoms with E-state index >= 15 is 0 Å². The number of rotatable bonds is 7. The van der Waals surface area contributed by atoms with Gasteiger partial charge in [-0.2, -0.15) is 0 Å². The number of hydrogen-bond acceptors (Lipinski definition) is 3. The minimum atomic E-state index is -0.210. The Labute approximate surface area is 109 Å². The summed E-state index contributed by atoms with van der Waals surface area (Å²) in [5.74, 6) is 5.39. The Balaban J connectivity index is 2.73. The van der Waals surface area contributed by atoms with Gasteiger partial charge in [-0.25, -0.2) is 4.39 Å². The van der Waals surface area contributed by atoms with Crippen LogP contribution in [0.25, 0.3) is 0 Å². The lowest BCUT2D eigenvalue weighted by atomic mass is 9.99. The van der Waals surface area contributed by atoms with Crippen molar-refractivity contribution in [2.75, 3.05) is 19.6 Å². The molecule has 0 amide bonds. The van der Waals surface area contributed by atoms with E-state index in [0.717, 1.165) is 37.2 Å². The van der Waals surface area contributed by atoms with Gasteiger partial charge in [0.1, 0.15) is 5.82 Å². The SMILES string of the molecule is CCN(CC)CCC(NN)c1cc(F)ccc1C. The maximum Gasteiger partial charge on any atom is 0.123 e. The van der Waals surface area contributed by atoms with Crippen molar-refractivity contribution in [3.63, 3.8) is 0 Å². The van der Waals surface area contributed by atoms with E-state index in [1.54, 1.807) is 12.1 Å². The van der Waals surface area contributed by atoms with Crippen molar-refractivity contribution in [3.8, 4) is 0 Å². The standard InChI is InChI=1S/C14H24FN3/c1-4-18(5-2)9-8-14(17-16)13-10-12(15)7-6-11(13)3/h6-7,10,14,17H,4-5,8-9,16H2,1-3H3. The molecule has 1 atom stereocenters. The normalized spacial score (nSPS) is 13.0. The van der Waals surface area contributed by atoms with Crippen LogP contribution in [0.3, 0.4) is 0 Å². The first-order chi connectivity index (χ1) is 8.62. The molecule has 4 heteroatoms. The van der Waals surface area contributed by atoms with Crippen LogP contribution in [0.2, 0.25) is 0 Å². The highest BCUT2D eigenvalue weighted by molar-refractivity contribution is 5.29. The lowest BCUT2D eigenvalue weighted by Gasteiger charge is -2.23. The molecule has 0 bridgehead atoms. The van der Waals surface area contributed by atoms with Crippen LogP contribution in [-0.4, -0.2) is 24.5 Å². The average Bonchev–Trinajstić information content (AvgIpc) is 2.38. The van der Waals surface area contributed by atoms with Gasteiger partial charge < -0.3 is 4.90 Å². The molecule has 1 aromatic rings. The summed E-state index contributed by atoms with van der Waals surface area (Å²) in [6.07, 6.45) is 0.877. The van der Waals surface area contributed by atoms with Gasteiger partial charge in [0.2, 0.25) is 0 Å². The third kappa shape index (κ3) is 4.05. The van der Waals surface area contributed by atoms with Crippen LogP contribution in [0.4, 0.5) is 4.39 Å². The van der Waals surface area contributed by atoms with Gasteiger partial charge in [-0.1, -0.05) is 19.9 Å². The summed E-state index contributed by atoms with van der Waals surface area (Å²) in [6, 6.07) is 4.85. The number of hydrogen-bond donors (Lipinski definition) is 2. The van der Waals surface area contributed by atoms with Gasteiger partial charge in [-0.15, -0.1) is 0 Å². The smallest absolute Gasteiger partial charge is 0.123 e. The third-order valence-corrected chi connectivity index (χ3v) is 3.45. The molecule has 3 N–H and O–H groups in total. The van der Waals surface area contributed by atoms with Crippen molar-refractivity contribution in [2.24, 2.45) is 5.84 Å². The Bertz CT molecular complexity index is 364. The quantitative estimate of drug-likeness (QED) is 0.579. The Hall–Kier alpha value is -0.970. The zero-order chi connectivity index (χ0) is 13.5. The molecule has 0 saturated carbocycles. The highest BCUT2D eigenvalue weighted by Crippen LogP contribution is 2.21. The predicted octanol–water partition coefficient (Wildman–Crippen LogP) is 2.37. The second-order valence-electron chi connectivity index (χ2n) is 4.54. The second kappa shape index (κ2) is 7.46. The van der Waals surface area contributed by atoms with Crippen LogP contribution >= 0.6 is 0 Å². The zero-order valence-electron chi connectivity index (χ0n) is 11.5. The Morgan fingerprint density at radius 3 is 2.56 bits per heavy atom. The van der Waals surface area contributed by atoms with Crippen LogP contribution in [0, 0.1) is 12.7 Å². The van der Waals surface area contributed by atoms with E-state index in [9.17, 15) is 4.39 Å². The highest BCUT2D eigenvalue weighted by Gasteiger charge is 2.14. The van der Waals surface area contributed by atoms with Crippen molar-refractivity contribution in [2.45, 2.75) is 33.2 Å². The van der Waals surface area contributed by atoms with Crippen molar-refractivity contribution in [3.05, 3.63) is 35.1 Å². The summed E-state index contributed by atoms with van der Waals surface area (Å²) in [6.45, 7) is 9.27. The molecule has 0 aliphatic heterocycles. The number of nitrogens with two attached hydrogens (primary N) is 1. The lowest BCUT2D eigenvalue weighted by Crippen LogP contribution is -2.33. The molecule has 0 heterocycles. The number of benzene rings is 1. The van der Waals surface area contributed by atoms with Crippen LogP contribution in [0.15, 0.2) is 18.2 Å². The molecule has 0 aliphatic carbocycles. The molecule has 0 spiro atoms. The van der Waals surface area contributed by atoms with E-state index in [4.69, 9.17) is 5.84 Å². The molecule has 18 heavy (non-hydrogen) atoms. The third-order valence-electron chi connectivity index (χ3n) is 3.45. The minimum Gasteiger partial charge on any atom is -0.304 e. The summed E-state index contributed by atoms with van der Waals surface area (Å²) in [7, 11) is 0. The summed E-state index contributed by atoms with van der Waals surface area (Å²) < 4.78 is 13.3. The molecule has 0 fully saturated rings. The van der Waals surface area contributed by atoms with Crippen LogP contribution < -0.4 is 11.3 Å².